The van der Waals surface area contributed by atoms with E-state index in [0.717, 1.165) is 35.8 Å². The summed E-state index contributed by atoms with van der Waals surface area (Å²) in [4.78, 5) is 4.35. The second kappa shape index (κ2) is 7.82. The molecule has 4 heteroatoms. The van der Waals surface area contributed by atoms with Crippen molar-refractivity contribution >= 4 is 10.8 Å². The minimum atomic E-state index is 0.480. The first-order valence-corrected chi connectivity index (χ1v) is 7.14. The van der Waals surface area contributed by atoms with Gasteiger partial charge in [0.15, 0.2) is 0 Å². The summed E-state index contributed by atoms with van der Waals surface area (Å²) >= 11 is 0. The van der Waals surface area contributed by atoms with Crippen molar-refractivity contribution in [2.24, 2.45) is 5.73 Å². The normalized spacial score (nSPS) is 10.9. The van der Waals surface area contributed by atoms with Gasteiger partial charge in [0.2, 0.25) is 5.88 Å². The molecule has 0 spiro atoms. The molecule has 0 saturated heterocycles. The summed E-state index contributed by atoms with van der Waals surface area (Å²) in [5.41, 5.74) is 6.77. The van der Waals surface area contributed by atoms with E-state index in [1.54, 1.807) is 6.20 Å². The van der Waals surface area contributed by atoms with E-state index in [9.17, 15) is 0 Å². The Hall–Kier alpha value is -1.65. The Labute approximate surface area is 119 Å². The van der Waals surface area contributed by atoms with Crippen LogP contribution >= 0.6 is 0 Å². The van der Waals surface area contributed by atoms with Crippen molar-refractivity contribution in [3.05, 3.63) is 36.0 Å². The van der Waals surface area contributed by atoms with Gasteiger partial charge in [-0.25, -0.2) is 4.98 Å². The zero-order valence-corrected chi connectivity index (χ0v) is 12.0. The molecule has 108 valence electrons. The number of aromatic nitrogens is 1. The van der Waals surface area contributed by atoms with Gasteiger partial charge in [0.05, 0.1) is 6.61 Å². The smallest absolute Gasteiger partial charge is 0.221 e. The summed E-state index contributed by atoms with van der Waals surface area (Å²) in [5.74, 6) is 0.650. The maximum Gasteiger partial charge on any atom is 0.221 e. The molecule has 2 N–H and O–H groups in total. The molecule has 0 fully saturated rings. The molecule has 0 aliphatic carbocycles. The molecule has 1 heterocycles. The number of unbranched alkanes of at least 4 members (excludes halogenated alkanes) is 1. The van der Waals surface area contributed by atoms with Crippen LogP contribution in [0.3, 0.4) is 0 Å². The summed E-state index contributed by atoms with van der Waals surface area (Å²) in [5, 5.41) is 2.11. The fourth-order valence-electron chi connectivity index (χ4n) is 2.05. The highest BCUT2D eigenvalue weighted by Gasteiger charge is 2.07. The molecule has 4 nitrogen and oxygen atoms in total. The predicted molar refractivity (Wildman–Crippen MR) is 80.9 cm³/mol. The monoisotopic (exact) mass is 274 g/mol. The molecular formula is C16H22N2O2. The first-order chi connectivity index (χ1) is 9.86. The number of rotatable bonds is 8. The van der Waals surface area contributed by atoms with E-state index in [2.05, 4.69) is 11.9 Å². The third kappa shape index (κ3) is 3.68. The molecule has 1 aromatic carbocycles. The van der Waals surface area contributed by atoms with E-state index < -0.39 is 0 Å². The average Bonchev–Trinajstić information content (AvgIpc) is 2.50. The molecule has 0 amide bonds. The molecule has 0 saturated carbocycles. The lowest BCUT2D eigenvalue weighted by Gasteiger charge is -2.10. The summed E-state index contributed by atoms with van der Waals surface area (Å²) in [7, 11) is 0. The van der Waals surface area contributed by atoms with Crippen LogP contribution in [0.5, 0.6) is 5.88 Å². The van der Waals surface area contributed by atoms with Gasteiger partial charge in [-0.1, -0.05) is 31.5 Å². The number of pyridine rings is 1. The van der Waals surface area contributed by atoms with Gasteiger partial charge < -0.3 is 15.2 Å². The third-order valence-electron chi connectivity index (χ3n) is 3.17. The van der Waals surface area contributed by atoms with Crippen LogP contribution in [0.1, 0.15) is 25.3 Å². The van der Waals surface area contributed by atoms with Crippen LogP contribution in [0.4, 0.5) is 0 Å². The van der Waals surface area contributed by atoms with Crippen molar-refractivity contribution in [2.75, 3.05) is 19.8 Å². The Morgan fingerprint density at radius 2 is 1.90 bits per heavy atom. The lowest BCUT2D eigenvalue weighted by Crippen LogP contribution is -2.09. The fraction of sp³-hybridized carbons (Fsp3) is 0.438. The van der Waals surface area contributed by atoms with E-state index >= 15 is 0 Å². The highest BCUT2D eigenvalue weighted by Crippen LogP contribution is 2.25. The van der Waals surface area contributed by atoms with E-state index in [0.29, 0.717) is 25.6 Å². The molecular weight excluding hydrogens is 252 g/mol. The topological polar surface area (TPSA) is 57.4 Å². The lowest BCUT2D eigenvalue weighted by atomic mass is 10.1. The molecule has 20 heavy (non-hydrogen) atoms. The number of nitrogens with zero attached hydrogens (tertiary/aromatic N) is 1. The largest absolute Gasteiger partial charge is 0.475 e. The Balaban J connectivity index is 2.00. The van der Waals surface area contributed by atoms with Crippen LogP contribution in [0, 0.1) is 0 Å². The van der Waals surface area contributed by atoms with Crippen molar-refractivity contribution in [1.29, 1.82) is 0 Å². The molecule has 1 aromatic heterocycles. The van der Waals surface area contributed by atoms with Gasteiger partial charge >= 0.3 is 0 Å². The van der Waals surface area contributed by atoms with Crippen molar-refractivity contribution < 1.29 is 9.47 Å². The Morgan fingerprint density at radius 3 is 2.65 bits per heavy atom. The zero-order valence-electron chi connectivity index (χ0n) is 12.0. The van der Waals surface area contributed by atoms with Crippen LogP contribution in [0.15, 0.2) is 30.5 Å². The van der Waals surface area contributed by atoms with Crippen molar-refractivity contribution in [3.8, 4) is 5.88 Å². The van der Waals surface area contributed by atoms with Gasteiger partial charge in [-0.3, -0.25) is 0 Å². The SMILES string of the molecule is CCCCOCCOc1ncc(CN)c2ccccc12. The highest BCUT2D eigenvalue weighted by molar-refractivity contribution is 5.89. The predicted octanol–water partition coefficient (Wildman–Crippen LogP) is 2.89. The van der Waals surface area contributed by atoms with Crippen molar-refractivity contribution in [2.45, 2.75) is 26.3 Å². The first-order valence-electron chi connectivity index (χ1n) is 7.14. The zero-order chi connectivity index (χ0) is 14.2. The van der Waals surface area contributed by atoms with E-state index in [1.165, 1.54) is 0 Å². The molecule has 0 atom stereocenters. The molecule has 0 aliphatic rings. The van der Waals surface area contributed by atoms with Crippen LogP contribution < -0.4 is 10.5 Å². The molecule has 0 radical (unpaired) electrons. The Kier molecular flexibility index (Phi) is 5.77. The summed E-state index contributed by atoms with van der Waals surface area (Å²) in [6, 6.07) is 8.03. The third-order valence-corrected chi connectivity index (χ3v) is 3.17. The average molecular weight is 274 g/mol. The standard InChI is InChI=1S/C16H22N2O2/c1-2-3-8-19-9-10-20-16-15-7-5-4-6-14(15)13(11-17)12-18-16/h4-7,12H,2-3,8-11,17H2,1H3. The van der Waals surface area contributed by atoms with E-state index in [-0.39, 0.29) is 0 Å². The Morgan fingerprint density at radius 1 is 1.10 bits per heavy atom. The lowest BCUT2D eigenvalue weighted by molar-refractivity contribution is 0.0971. The number of fused-ring (bicyclic) bond motifs is 1. The fourth-order valence-corrected chi connectivity index (χ4v) is 2.05. The van der Waals surface area contributed by atoms with Crippen molar-refractivity contribution in [3.63, 3.8) is 0 Å². The minimum absolute atomic E-state index is 0.480. The van der Waals surface area contributed by atoms with Gasteiger partial charge in [0, 0.05) is 24.7 Å². The van der Waals surface area contributed by atoms with Gasteiger partial charge in [0.1, 0.15) is 6.61 Å². The number of nitrogens with two attached hydrogens (primary N) is 1. The second-order valence-corrected chi connectivity index (χ2v) is 4.65. The van der Waals surface area contributed by atoms with Gasteiger partial charge in [-0.15, -0.1) is 0 Å². The molecule has 0 unspecified atom stereocenters. The van der Waals surface area contributed by atoms with E-state index in [4.69, 9.17) is 15.2 Å². The maximum absolute atomic E-state index is 5.73. The van der Waals surface area contributed by atoms with Gasteiger partial charge in [-0.2, -0.15) is 0 Å². The van der Waals surface area contributed by atoms with Crippen LogP contribution in [0.25, 0.3) is 10.8 Å². The molecule has 0 bridgehead atoms. The number of benzene rings is 1. The molecule has 0 aliphatic heterocycles. The summed E-state index contributed by atoms with van der Waals surface area (Å²) in [6.07, 6.45) is 4.02. The molecule has 2 rings (SSSR count). The van der Waals surface area contributed by atoms with Gasteiger partial charge in [-0.05, 0) is 23.4 Å². The maximum atomic E-state index is 5.73. The second-order valence-electron chi connectivity index (χ2n) is 4.65. The molecule has 2 aromatic rings. The first kappa shape index (κ1) is 14.8. The number of hydrogen-bond donors (Lipinski definition) is 1. The van der Waals surface area contributed by atoms with Crippen LogP contribution in [-0.2, 0) is 11.3 Å². The number of ether oxygens (including phenoxy) is 2. The summed E-state index contributed by atoms with van der Waals surface area (Å²) in [6.45, 7) is 4.53. The van der Waals surface area contributed by atoms with Crippen LogP contribution in [0.2, 0.25) is 0 Å². The van der Waals surface area contributed by atoms with Crippen LogP contribution in [-0.4, -0.2) is 24.8 Å². The highest BCUT2D eigenvalue weighted by atomic mass is 16.5. The van der Waals surface area contributed by atoms with E-state index in [1.807, 2.05) is 24.3 Å². The van der Waals surface area contributed by atoms with Gasteiger partial charge in [0.25, 0.3) is 0 Å². The number of hydrogen-bond acceptors (Lipinski definition) is 4. The Bertz CT molecular complexity index is 543. The minimum Gasteiger partial charge on any atom is -0.475 e. The summed E-state index contributed by atoms with van der Waals surface area (Å²) < 4.78 is 11.2. The van der Waals surface area contributed by atoms with Crippen molar-refractivity contribution in [1.82, 2.24) is 4.98 Å². The quantitative estimate of drug-likeness (QED) is 0.752.